The molecule has 0 aliphatic rings. The average molecular weight is 669 g/mol. The highest BCUT2D eigenvalue weighted by Crippen LogP contribution is 2.28. The molecule has 44 heavy (non-hydrogen) atoms. The number of amides is 1. The predicted octanol–water partition coefficient (Wildman–Crippen LogP) is 1.89. The number of benzene rings is 2. The molecule has 2 heterocycles. The summed E-state index contributed by atoms with van der Waals surface area (Å²) in [5.41, 5.74) is 1.64. The molecule has 5 N–H and O–H groups in total. The molecule has 0 spiro atoms. The molecule has 14 nitrogen and oxygen atoms in total. The first kappa shape index (κ1) is 33.1. The lowest BCUT2D eigenvalue weighted by Gasteiger charge is -2.20. The summed E-state index contributed by atoms with van der Waals surface area (Å²) in [7, 11) is -3.94. The Morgan fingerprint density at radius 3 is 2.70 bits per heavy atom. The Kier molecular flexibility index (Phi) is 11.5. The van der Waals surface area contributed by atoms with Crippen LogP contribution < -0.4 is 19.9 Å². The zero-order valence-corrected chi connectivity index (χ0v) is 25.5. The molecule has 18 heteroatoms. The van der Waals surface area contributed by atoms with E-state index >= 15 is 0 Å². The van der Waals surface area contributed by atoms with Crippen molar-refractivity contribution in [1.29, 1.82) is 0 Å². The molecule has 2 atom stereocenters. The lowest BCUT2D eigenvalue weighted by Crippen LogP contribution is -2.46. The molecule has 0 saturated heterocycles. The Hall–Kier alpha value is -3.84. The molecule has 1 amide bonds. The molecule has 236 valence electrons. The van der Waals surface area contributed by atoms with E-state index in [0.29, 0.717) is 33.2 Å². The summed E-state index contributed by atoms with van der Waals surface area (Å²) in [4.78, 5) is 29.0. The normalized spacial score (nSPS) is 13.0. The van der Waals surface area contributed by atoms with Crippen molar-refractivity contribution in [1.82, 2.24) is 25.3 Å². The van der Waals surface area contributed by atoms with E-state index in [1.165, 1.54) is 22.6 Å². The first-order valence-electron chi connectivity index (χ1n) is 13.0. The predicted molar refractivity (Wildman–Crippen MR) is 160 cm³/mol. The van der Waals surface area contributed by atoms with Crippen LogP contribution in [0.5, 0.6) is 11.5 Å². The minimum absolute atomic E-state index is 0.0466. The van der Waals surface area contributed by atoms with Crippen molar-refractivity contribution in [3.05, 3.63) is 59.9 Å². The van der Waals surface area contributed by atoms with E-state index in [2.05, 4.69) is 20.6 Å². The fourth-order valence-corrected chi connectivity index (χ4v) is 6.59. The Bertz CT molecular complexity index is 1700. The van der Waals surface area contributed by atoms with Crippen LogP contribution in [-0.2, 0) is 32.0 Å². The smallest absolute Gasteiger partial charge is 0.327 e. The highest BCUT2D eigenvalue weighted by Gasteiger charge is 2.27. The number of nitrogens with two attached hydrogens (primary N) is 1. The van der Waals surface area contributed by atoms with E-state index in [1.807, 2.05) is 6.07 Å². The second-order valence-corrected chi connectivity index (χ2v) is 13.1. The quantitative estimate of drug-likeness (QED) is 0.127. The zero-order valence-electron chi connectivity index (χ0n) is 23.0. The molecule has 0 aliphatic carbocycles. The number of hydrogen-bond acceptors (Lipinski definition) is 12. The van der Waals surface area contributed by atoms with Crippen LogP contribution in [-0.4, -0.2) is 82.2 Å². The summed E-state index contributed by atoms with van der Waals surface area (Å²) >= 11 is 2.19. The van der Waals surface area contributed by atoms with Gasteiger partial charge in [-0.25, -0.2) is 32.4 Å². The van der Waals surface area contributed by atoms with Crippen molar-refractivity contribution in [2.75, 3.05) is 25.6 Å². The molecule has 0 fully saturated rings. The van der Waals surface area contributed by atoms with Crippen LogP contribution in [0.25, 0.3) is 10.2 Å². The number of rotatable bonds is 17. The average Bonchev–Trinajstić information content (AvgIpc) is 3.64. The van der Waals surface area contributed by atoms with E-state index in [4.69, 9.17) is 14.6 Å². The Labute approximate surface area is 259 Å². The van der Waals surface area contributed by atoms with E-state index in [9.17, 15) is 32.6 Å². The third kappa shape index (κ3) is 9.08. The van der Waals surface area contributed by atoms with Gasteiger partial charge in [0.15, 0.2) is 0 Å². The minimum Gasteiger partial charge on any atom is -0.491 e. The molecular formula is C26H29FN6O8S3. The van der Waals surface area contributed by atoms with Gasteiger partial charge in [-0.2, -0.15) is 11.8 Å². The molecule has 4 rings (SSSR count). The number of aliphatic hydroxyl groups is 1. The van der Waals surface area contributed by atoms with E-state index in [0.717, 1.165) is 16.9 Å². The van der Waals surface area contributed by atoms with Crippen LogP contribution >= 0.6 is 23.1 Å². The number of aliphatic carboxylic acids is 1. The number of carboxylic acids is 1. The lowest BCUT2D eigenvalue weighted by atomic mass is 10.2. The molecular weight excluding hydrogens is 640 g/mol. The molecule has 2 aromatic carbocycles. The van der Waals surface area contributed by atoms with Gasteiger partial charge in [0, 0.05) is 24.5 Å². The standard InChI is InChI=1S/C26H29FN6O8S3/c27-7-9-40-18-3-1-2-16(10-18)14-42-15-21(25(36)37)29-24(35)22(6-8-34)33-12-17(31-32-33)13-41-19-4-5-20-23(11-19)43-26(30-20)44(28,38)39/h1-5,10-12,21-22,34H,6-9,13-15H2,(H,29,35)(H,36,37)(H2,28,38,39)/t21-,22-/m0/s1. The molecule has 4 aromatic rings. The Morgan fingerprint density at radius 1 is 1.18 bits per heavy atom. The van der Waals surface area contributed by atoms with Crippen molar-refractivity contribution >= 4 is 55.2 Å². The van der Waals surface area contributed by atoms with Crippen molar-refractivity contribution < 1.29 is 42.1 Å². The van der Waals surface area contributed by atoms with Crippen LogP contribution in [0.15, 0.2) is 53.0 Å². The maximum Gasteiger partial charge on any atom is 0.327 e. The maximum absolute atomic E-state index is 13.1. The van der Waals surface area contributed by atoms with Crippen LogP contribution in [0.1, 0.15) is 23.7 Å². The Morgan fingerprint density at radius 2 is 1.98 bits per heavy atom. The SMILES string of the molecule is NS(=O)(=O)c1nc2ccc(OCc3cn([C@@H](CCO)C(=O)N[C@@H](CSCc4cccc(OCCF)c4)C(=O)O)nn3)cc2s1. The number of thioether (sulfide) groups is 1. The number of nitrogens with zero attached hydrogens (tertiary/aromatic N) is 4. The van der Waals surface area contributed by atoms with Crippen molar-refractivity contribution in [2.45, 2.75) is 35.2 Å². The number of primary sulfonamides is 1. The van der Waals surface area contributed by atoms with Crippen LogP contribution in [0, 0.1) is 0 Å². The number of nitrogens with one attached hydrogen (secondary N) is 1. The number of hydrogen-bond donors (Lipinski definition) is 4. The number of fused-ring (bicyclic) bond motifs is 1. The number of carbonyl (C=O) groups excluding carboxylic acids is 1. The highest BCUT2D eigenvalue weighted by atomic mass is 32.2. The fourth-order valence-electron chi connectivity index (χ4n) is 3.91. The van der Waals surface area contributed by atoms with Gasteiger partial charge in [0.2, 0.25) is 10.2 Å². The molecule has 2 aromatic heterocycles. The van der Waals surface area contributed by atoms with Crippen LogP contribution in [0.4, 0.5) is 4.39 Å². The van der Waals surface area contributed by atoms with Gasteiger partial charge in [-0.05, 0) is 35.9 Å². The summed E-state index contributed by atoms with van der Waals surface area (Å²) in [6.07, 6.45) is 1.40. The molecule has 0 radical (unpaired) electrons. The third-order valence-electron chi connectivity index (χ3n) is 5.96. The van der Waals surface area contributed by atoms with Gasteiger partial charge in [0.25, 0.3) is 10.0 Å². The summed E-state index contributed by atoms with van der Waals surface area (Å²) < 4.78 is 48.1. The topological polar surface area (TPSA) is 209 Å². The number of aliphatic hydroxyl groups excluding tert-OH is 1. The molecule has 0 unspecified atom stereocenters. The second-order valence-electron chi connectivity index (χ2n) is 9.26. The van der Waals surface area contributed by atoms with Crippen molar-refractivity contribution in [3.63, 3.8) is 0 Å². The number of carbonyl (C=O) groups is 2. The summed E-state index contributed by atoms with van der Waals surface area (Å²) in [6, 6.07) is 9.55. The third-order valence-corrected chi connectivity index (χ3v) is 9.41. The summed E-state index contributed by atoms with van der Waals surface area (Å²) in [6.45, 7) is -1.09. The number of sulfonamides is 1. The van der Waals surface area contributed by atoms with Gasteiger partial charge in [-0.3, -0.25) is 4.79 Å². The number of alkyl halides is 1. The minimum atomic E-state index is -3.94. The van der Waals surface area contributed by atoms with Gasteiger partial charge >= 0.3 is 5.97 Å². The number of carboxylic acid groups (broad SMARTS) is 1. The van der Waals surface area contributed by atoms with Gasteiger partial charge < -0.3 is 25.0 Å². The largest absolute Gasteiger partial charge is 0.491 e. The summed E-state index contributed by atoms with van der Waals surface area (Å²) in [5.74, 6) is -0.484. The summed E-state index contributed by atoms with van der Waals surface area (Å²) in [5, 5.41) is 34.9. The number of halogens is 1. The first-order valence-corrected chi connectivity index (χ1v) is 16.6. The van der Waals surface area contributed by atoms with Gasteiger partial charge in [0.1, 0.15) is 49.2 Å². The Balaban J connectivity index is 1.34. The maximum atomic E-state index is 13.1. The fraction of sp³-hybridized carbons (Fsp3) is 0.346. The first-order chi connectivity index (χ1) is 21.1. The van der Waals surface area contributed by atoms with E-state index < -0.39 is 40.7 Å². The van der Waals surface area contributed by atoms with Gasteiger partial charge in [-0.1, -0.05) is 17.3 Å². The zero-order chi connectivity index (χ0) is 31.7. The van der Waals surface area contributed by atoms with Crippen molar-refractivity contribution in [3.8, 4) is 11.5 Å². The second kappa shape index (κ2) is 15.2. The lowest BCUT2D eigenvalue weighted by molar-refractivity contribution is -0.141. The van der Waals surface area contributed by atoms with Crippen molar-refractivity contribution in [2.24, 2.45) is 5.14 Å². The molecule has 0 bridgehead atoms. The van der Waals surface area contributed by atoms with Crippen LogP contribution in [0.3, 0.4) is 0 Å². The molecule has 0 saturated carbocycles. The van der Waals surface area contributed by atoms with E-state index in [1.54, 1.807) is 36.4 Å². The van der Waals surface area contributed by atoms with Crippen LogP contribution in [0.2, 0.25) is 0 Å². The van der Waals surface area contributed by atoms with E-state index in [-0.39, 0.29) is 36.3 Å². The number of aromatic nitrogens is 4. The van der Waals surface area contributed by atoms with Gasteiger partial charge in [0.05, 0.1) is 16.4 Å². The number of ether oxygens (including phenoxy) is 2. The molecule has 0 aliphatic heterocycles. The highest BCUT2D eigenvalue weighted by molar-refractivity contribution is 7.98. The van der Waals surface area contributed by atoms with Gasteiger partial charge in [-0.15, -0.1) is 16.4 Å². The monoisotopic (exact) mass is 668 g/mol. The number of thiazole rings is 1.